The number of halogens is 1. The maximum absolute atomic E-state index is 13.9. The van der Waals surface area contributed by atoms with Crippen LogP contribution >= 0.6 is 15.9 Å². The molecule has 2 aromatic rings. The third kappa shape index (κ3) is 3.34. The van der Waals surface area contributed by atoms with Crippen molar-refractivity contribution in [3.63, 3.8) is 0 Å². The van der Waals surface area contributed by atoms with Crippen molar-refractivity contribution in [2.24, 2.45) is 5.92 Å². The van der Waals surface area contributed by atoms with Crippen molar-refractivity contribution in [2.45, 2.75) is 55.2 Å². The van der Waals surface area contributed by atoms with Crippen LogP contribution in [0, 0.1) is 5.92 Å². The van der Waals surface area contributed by atoms with E-state index in [9.17, 15) is 18.0 Å². The van der Waals surface area contributed by atoms with Gasteiger partial charge in [-0.3, -0.25) is 14.6 Å². The molecule has 178 valence electrons. The van der Waals surface area contributed by atoms with E-state index in [4.69, 9.17) is 0 Å². The number of aromatic nitrogens is 1. The van der Waals surface area contributed by atoms with E-state index in [1.54, 1.807) is 27.5 Å². The van der Waals surface area contributed by atoms with Crippen molar-refractivity contribution >= 4 is 43.5 Å². The molecule has 8 nitrogen and oxygen atoms in total. The van der Waals surface area contributed by atoms with E-state index < -0.39 is 21.6 Å². The van der Waals surface area contributed by atoms with Crippen molar-refractivity contribution in [3.05, 3.63) is 65.4 Å². The summed E-state index contributed by atoms with van der Waals surface area (Å²) in [4.78, 5) is 31.0. The first-order chi connectivity index (χ1) is 16.2. The highest BCUT2D eigenvalue weighted by Crippen LogP contribution is 2.59. The number of nitrogens with zero attached hydrogens (tertiary/aromatic N) is 3. The summed E-state index contributed by atoms with van der Waals surface area (Å²) >= 11 is 3.37. The highest BCUT2D eigenvalue weighted by molar-refractivity contribution is 9.10. The number of carbonyl (C=O) groups excluding carboxylic acids is 2. The molecule has 34 heavy (non-hydrogen) atoms. The molecule has 3 unspecified atom stereocenters. The Kier molecular flexibility index (Phi) is 5.65. The van der Waals surface area contributed by atoms with Crippen LogP contribution in [0.15, 0.2) is 64.6 Å². The van der Waals surface area contributed by atoms with Gasteiger partial charge in [0.25, 0.3) is 5.91 Å². The lowest BCUT2D eigenvalue weighted by atomic mass is 9.87. The van der Waals surface area contributed by atoms with E-state index >= 15 is 0 Å². The number of hydrogen-bond donors (Lipinski definition) is 1. The number of piperidine rings is 1. The maximum Gasteiger partial charge on any atom is 0.252 e. The number of nitrogens with one attached hydrogen (secondary N) is 1. The Morgan fingerprint density at radius 3 is 2.76 bits per heavy atom. The van der Waals surface area contributed by atoms with Gasteiger partial charge in [-0.25, -0.2) is 8.42 Å². The van der Waals surface area contributed by atoms with Gasteiger partial charge in [0, 0.05) is 29.6 Å². The number of carbonyl (C=O) groups is 2. The lowest BCUT2D eigenvalue weighted by molar-refractivity contribution is -0.115. The summed E-state index contributed by atoms with van der Waals surface area (Å²) in [6.45, 7) is 5.73. The summed E-state index contributed by atoms with van der Waals surface area (Å²) in [5.74, 6) is -0.589. The average molecular weight is 545 g/mol. The summed E-state index contributed by atoms with van der Waals surface area (Å²) in [6.07, 6.45) is 5.57. The Bertz CT molecular complexity index is 1290. The van der Waals surface area contributed by atoms with Crippen molar-refractivity contribution in [1.29, 1.82) is 0 Å². The van der Waals surface area contributed by atoms with Gasteiger partial charge in [0.15, 0.2) is 0 Å². The molecule has 1 N–H and O–H groups in total. The Morgan fingerprint density at radius 2 is 2.12 bits per heavy atom. The zero-order valence-corrected chi connectivity index (χ0v) is 21.0. The molecule has 0 saturated carbocycles. The fourth-order valence-electron chi connectivity index (χ4n) is 5.83. The molecule has 2 amide bonds. The van der Waals surface area contributed by atoms with Crippen LogP contribution in [0.5, 0.6) is 0 Å². The Labute approximate surface area is 207 Å². The molecule has 3 aliphatic rings. The minimum Gasteiger partial charge on any atom is -0.325 e. The van der Waals surface area contributed by atoms with Gasteiger partial charge in [-0.1, -0.05) is 18.6 Å². The second kappa shape index (κ2) is 8.28. The molecule has 0 aliphatic carbocycles. The molecule has 1 spiro atoms. The molecular formula is C24H25BrN4O4S. The van der Waals surface area contributed by atoms with Crippen LogP contribution in [0.4, 0.5) is 5.69 Å². The molecule has 4 atom stereocenters. The predicted octanol–water partition coefficient (Wildman–Crippen LogP) is 3.31. The standard InChI is InChI=1S/C24H25BrN4O4S/c1-3-18-21-8-6-9-22(24(18)23(31)28(24)14-16-7-4-5-12-26-16)29(21)34(32,33)17-10-11-20(19(25)13-17)27-15(2)30/h3-5,7,10-13,18,21-22H,1,6,8-9,14H2,2H3,(H,27,30)/t18-,21?,22?,24?,28?/m1/s1. The minimum atomic E-state index is -3.91. The second-order valence-corrected chi connectivity index (χ2v) is 11.7. The second-order valence-electron chi connectivity index (χ2n) is 8.97. The van der Waals surface area contributed by atoms with Gasteiger partial charge in [0.1, 0.15) is 5.54 Å². The first kappa shape index (κ1) is 23.2. The quantitative estimate of drug-likeness (QED) is 0.444. The van der Waals surface area contributed by atoms with Crippen LogP contribution in [0.1, 0.15) is 31.9 Å². The highest BCUT2D eigenvalue weighted by Gasteiger charge is 2.78. The zero-order chi connectivity index (χ0) is 24.3. The number of amides is 2. The van der Waals surface area contributed by atoms with Gasteiger partial charge in [-0.2, -0.15) is 4.31 Å². The SMILES string of the molecule is C=C[C@@H]1C2CCCC(N2S(=O)(=O)c2ccc(NC(C)=O)c(Br)c2)C12C(=O)N2Cc1ccccn1. The molecule has 4 heterocycles. The largest absolute Gasteiger partial charge is 0.325 e. The van der Waals surface area contributed by atoms with E-state index in [2.05, 4.69) is 32.8 Å². The number of benzene rings is 1. The molecule has 1 aromatic heterocycles. The summed E-state index contributed by atoms with van der Waals surface area (Å²) in [5.41, 5.74) is 0.359. The first-order valence-electron chi connectivity index (χ1n) is 11.2. The molecule has 1 aromatic carbocycles. The van der Waals surface area contributed by atoms with Gasteiger partial charge < -0.3 is 10.2 Å². The normalized spacial score (nSPS) is 28.2. The highest BCUT2D eigenvalue weighted by atomic mass is 79.9. The maximum atomic E-state index is 13.9. The number of rotatable bonds is 6. The first-order valence-corrected chi connectivity index (χ1v) is 13.4. The summed E-state index contributed by atoms with van der Waals surface area (Å²) in [6, 6.07) is 9.33. The van der Waals surface area contributed by atoms with Crippen molar-refractivity contribution in [3.8, 4) is 0 Å². The number of sulfonamides is 1. The number of anilines is 1. The monoisotopic (exact) mass is 544 g/mol. The molecule has 3 aliphatic heterocycles. The lowest BCUT2D eigenvalue weighted by Gasteiger charge is -2.34. The van der Waals surface area contributed by atoms with Gasteiger partial charge in [-0.15, -0.1) is 6.58 Å². The molecule has 2 bridgehead atoms. The van der Waals surface area contributed by atoms with Gasteiger partial charge in [0.05, 0.1) is 28.9 Å². The van der Waals surface area contributed by atoms with E-state index in [-0.39, 0.29) is 28.7 Å². The molecular weight excluding hydrogens is 520 g/mol. The molecule has 0 radical (unpaired) electrons. The molecule has 3 saturated heterocycles. The van der Waals surface area contributed by atoms with Gasteiger partial charge >= 0.3 is 0 Å². The third-order valence-electron chi connectivity index (χ3n) is 7.15. The predicted molar refractivity (Wildman–Crippen MR) is 130 cm³/mol. The molecule has 10 heteroatoms. The Balaban J connectivity index is 1.52. The van der Waals surface area contributed by atoms with Crippen LogP contribution < -0.4 is 5.32 Å². The topological polar surface area (TPSA) is 99.5 Å². The summed E-state index contributed by atoms with van der Waals surface area (Å²) in [5, 5.41) is 2.67. The van der Waals surface area contributed by atoms with Crippen LogP contribution in [-0.4, -0.2) is 52.0 Å². The minimum absolute atomic E-state index is 0.0418. The van der Waals surface area contributed by atoms with E-state index in [1.165, 1.54) is 19.1 Å². The Hall–Kier alpha value is -2.56. The van der Waals surface area contributed by atoms with Crippen LogP contribution in [0.25, 0.3) is 0 Å². The van der Waals surface area contributed by atoms with E-state index in [0.29, 0.717) is 29.5 Å². The van der Waals surface area contributed by atoms with Crippen LogP contribution in [-0.2, 0) is 26.2 Å². The van der Waals surface area contributed by atoms with Crippen LogP contribution in [0.2, 0.25) is 0 Å². The van der Waals surface area contributed by atoms with Crippen molar-refractivity contribution < 1.29 is 18.0 Å². The van der Waals surface area contributed by atoms with E-state index in [1.807, 2.05) is 18.2 Å². The van der Waals surface area contributed by atoms with Crippen molar-refractivity contribution in [2.75, 3.05) is 5.32 Å². The lowest BCUT2D eigenvalue weighted by Crippen LogP contribution is -2.47. The smallest absolute Gasteiger partial charge is 0.252 e. The molecule has 5 rings (SSSR count). The van der Waals surface area contributed by atoms with Crippen LogP contribution in [0.3, 0.4) is 0 Å². The van der Waals surface area contributed by atoms with Gasteiger partial charge in [-0.05, 0) is 59.1 Å². The number of fused-ring (bicyclic) bond motifs is 3. The van der Waals surface area contributed by atoms with Crippen molar-refractivity contribution in [1.82, 2.24) is 14.2 Å². The number of pyridine rings is 1. The average Bonchev–Trinajstić information content (AvgIpc) is 3.32. The Morgan fingerprint density at radius 1 is 1.32 bits per heavy atom. The van der Waals surface area contributed by atoms with Gasteiger partial charge in [0.2, 0.25) is 15.9 Å². The van der Waals surface area contributed by atoms with E-state index in [0.717, 1.165) is 12.1 Å². The molecule has 3 fully saturated rings. The fourth-order valence-corrected chi connectivity index (χ4v) is 8.40. The fraction of sp³-hybridized carbons (Fsp3) is 0.375. The summed E-state index contributed by atoms with van der Waals surface area (Å²) < 4.78 is 29.9. The summed E-state index contributed by atoms with van der Waals surface area (Å²) in [7, 11) is -3.91. The third-order valence-corrected chi connectivity index (χ3v) is 9.74. The number of hydrogen-bond acceptors (Lipinski definition) is 5. The zero-order valence-electron chi connectivity index (χ0n) is 18.6.